The van der Waals surface area contributed by atoms with E-state index in [1.807, 2.05) is 53.4 Å². The number of para-hydroxylation sites is 1. The summed E-state index contributed by atoms with van der Waals surface area (Å²) in [5.74, 6) is 0.669. The number of ether oxygens (including phenoxy) is 1. The Labute approximate surface area is 154 Å². The third kappa shape index (κ3) is 4.74. The summed E-state index contributed by atoms with van der Waals surface area (Å²) >= 11 is 5.91. The molecule has 5 heteroatoms. The Morgan fingerprint density at radius 3 is 2.60 bits per heavy atom. The Hall–Kier alpha value is -2.04. The van der Waals surface area contributed by atoms with Crippen molar-refractivity contribution in [3.8, 4) is 5.75 Å². The summed E-state index contributed by atoms with van der Waals surface area (Å²) in [6, 6.07) is 15.0. The Kier molecular flexibility index (Phi) is 5.95. The van der Waals surface area contributed by atoms with Crippen LogP contribution in [0.1, 0.15) is 22.3 Å². The highest BCUT2D eigenvalue weighted by atomic mass is 35.5. The van der Waals surface area contributed by atoms with Crippen molar-refractivity contribution in [1.82, 2.24) is 9.80 Å². The van der Waals surface area contributed by atoms with Crippen LogP contribution in [0.3, 0.4) is 0 Å². The lowest BCUT2D eigenvalue weighted by molar-refractivity contribution is 0.0758. The molecule has 1 heterocycles. The normalized spacial score (nSPS) is 15.7. The van der Waals surface area contributed by atoms with Crippen molar-refractivity contribution < 1.29 is 9.53 Å². The van der Waals surface area contributed by atoms with Crippen LogP contribution in [-0.2, 0) is 6.61 Å². The van der Waals surface area contributed by atoms with E-state index in [-0.39, 0.29) is 5.91 Å². The van der Waals surface area contributed by atoms with Gasteiger partial charge in [-0.2, -0.15) is 0 Å². The van der Waals surface area contributed by atoms with Crippen LogP contribution in [0.4, 0.5) is 0 Å². The average Bonchev–Trinajstić information content (AvgIpc) is 2.85. The number of hydrogen-bond acceptors (Lipinski definition) is 3. The summed E-state index contributed by atoms with van der Waals surface area (Å²) in [6.07, 6.45) is 0.996. The maximum Gasteiger partial charge on any atom is 0.257 e. The van der Waals surface area contributed by atoms with Crippen LogP contribution in [0.2, 0.25) is 5.02 Å². The number of nitrogens with zero attached hydrogens (tertiary/aromatic N) is 2. The van der Waals surface area contributed by atoms with Gasteiger partial charge in [0.1, 0.15) is 12.4 Å². The van der Waals surface area contributed by atoms with Crippen LogP contribution in [0.25, 0.3) is 0 Å². The second kappa shape index (κ2) is 8.37. The van der Waals surface area contributed by atoms with Gasteiger partial charge in [-0.25, -0.2) is 0 Å². The molecule has 0 bridgehead atoms. The molecule has 0 aliphatic carbocycles. The summed E-state index contributed by atoms with van der Waals surface area (Å²) in [5, 5.41) is 0.699. The number of carbonyl (C=O) groups is 1. The van der Waals surface area contributed by atoms with Crippen molar-refractivity contribution in [2.45, 2.75) is 13.0 Å². The number of likely N-dealkylation sites (N-methyl/N-ethyl adjacent to an activating group) is 1. The Morgan fingerprint density at radius 1 is 1.04 bits per heavy atom. The third-order valence-electron chi connectivity index (χ3n) is 4.43. The molecule has 25 heavy (non-hydrogen) atoms. The molecule has 2 aromatic rings. The fourth-order valence-electron chi connectivity index (χ4n) is 2.93. The molecule has 4 nitrogen and oxygen atoms in total. The average molecular weight is 359 g/mol. The largest absolute Gasteiger partial charge is 0.488 e. The molecule has 1 saturated heterocycles. The Bertz CT molecular complexity index is 718. The van der Waals surface area contributed by atoms with E-state index in [0.29, 0.717) is 22.9 Å². The molecule has 132 valence electrons. The standard InChI is InChI=1S/C20H23ClN2O2/c1-22-11-4-12-23(14-13-22)20(24)18-5-2-3-6-19(18)25-15-16-7-9-17(21)10-8-16/h2-3,5-10H,4,11-15H2,1H3. The minimum absolute atomic E-state index is 0.0435. The number of hydrogen-bond donors (Lipinski definition) is 0. The van der Waals surface area contributed by atoms with E-state index in [1.165, 1.54) is 0 Å². The minimum Gasteiger partial charge on any atom is -0.488 e. The lowest BCUT2D eigenvalue weighted by Crippen LogP contribution is -2.34. The molecule has 3 rings (SSSR count). The number of amides is 1. The first kappa shape index (κ1) is 17.8. The van der Waals surface area contributed by atoms with E-state index >= 15 is 0 Å². The van der Waals surface area contributed by atoms with E-state index in [9.17, 15) is 4.79 Å². The van der Waals surface area contributed by atoms with Gasteiger partial charge in [0.05, 0.1) is 5.56 Å². The zero-order valence-corrected chi connectivity index (χ0v) is 15.2. The SMILES string of the molecule is CN1CCCN(C(=O)c2ccccc2OCc2ccc(Cl)cc2)CC1. The molecule has 0 atom stereocenters. The predicted molar refractivity (Wildman–Crippen MR) is 100 cm³/mol. The molecule has 0 radical (unpaired) electrons. The molecule has 0 unspecified atom stereocenters. The van der Waals surface area contributed by atoms with Gasteiger partial charge >= 0.3 is 0 Å². The van der Waals surface area contributed by atoms with Crippen LogP contribution < -0.4 is 4.74 Å². The molecule has 1 aliphatic rings. The molecule has 0 aromatic heterocycles. The number of carbonyl (C=O) groups excluding carboxylic acids is 1. The molecular weight excluding hydrogens is 336 g/mol. The monoisotopic (exact) mass is 358 g/mol. The summed E-state index contributed by atoms with van der Waals surface area (Å²) in [5.41, 5.74) is 1.64. The molecule has 0 spiro atoms. The molecule has 1 fully saturated rings. The molecule has 1 amide bonds. The van der Waals surface area contributed by atoms with E-state index in [4.69, 9.17) is 16.3 Å². The Morgan fingerprint density at radius 2 is 1.80 bits per heavy atom. The lowest BCUT2D eigenvalue weighted by atomic mass is 10.1. The first-order valence-electron chi connectivity index (χ1n) is 8.57. The summed E-state index contributed by atoms with van der Waals surface area (Å²) in [7, 11) is 2.09. The van der Waals surface area contributed by atoms with Crippen molar-refractivity contribution >= 4 is 17.5 Å². The minimum atomic E-state index is 0.0435. The van der Waals surface area contributed by atoms with E-state index in [2.05, 4.69) is 11.9 Å². The van der Waals surface area contributed by atoms with E-state index < -0.39 is 0 Å². The van der Waals surface area contributed by atoms with Crippen LogP contribution in [-0.4, -0.2) is 48.9 Å². The fraction of sp³-hybridized carbons (Fsp3) is 0.350. The zero-order valence-electron chi connectivity index (χ0n) is 14.5. The van der Waals surface area contributed by atoms with Gasteiger partial charge in [-0.05, 0) is 49.8 Å². The predicted octanol–water partition coefficient (Wildman–Crippen LogP) is 3.70. The van der Waals surface area contributed by atoms with Crippen LogP contribution in [0.5, 0.6) is 5.75 Å². The highest BCUT2D eigenvalue weighted by Gasteiger charge is 2.21. The van der Waals surface area contributed by atoms with Gasteiger partial charge in [0, 0.05) is 24.7 Å². The fourth-order valence-corrected chi connectivity index (χ4v) is 3.06. The van der Waals surface area contributed by atoms with Gasteiger partial charge in [0.2, 0.25) is 0 Å². The van der Waals surface area contributed by atoms with Gasteiger partial charge in [0.15, 0.2) is 0 Å². The van der Waals surface area contributed by atoms with Gasteiger partial charge < -0.3 is 14.5 Å². The van der Waals surface area contributed by atoms with Crippen molar-refractivity contribution in [3.63, 3.8) is 0 Å². The van der Waals surface area contributed by atoms with Crippen molar-refractivity contribution in [2.24, 2.45) is 0 Å². The van der Waals surface area contributed by atoms with Crippen LogP contribution >= 0.6 is 11.6 Å². The van der Waals surface area contributed by atoms with Gasteiger partial charge in [-0.15, -0.1) is 0 Å². The molecular formula is C20H23ClN2O2. The molecule has 2 aromatic carbocycles. The summed E-state index contributed by atoms with van der Waals surface area (Å²) in [4.78, 5) is 17.1. The summed E-state index contributed by atoms with van der Waals surface area (Å²) in [6.45, 7) is 3.87. The smallest absolute Gasteiger partial charge is 0.257 e. The summed E-state index contributed by atoms with van der Waals surface area (Å²) < 4.78 is 5.93. The third-order valence-corrected chi connectivity index (χ3v) is 4.68. The van der Waals surface area contributed by atoms with Gasteiger partial charge in [-0.1, -0.05) is 35.9 Å². The Balaban J connectivity index is 1.71. The second-order valence-corrected chi connectivity index (χ2v) is 6.80. The highest BCUT2D eigenvalue weighted by Crippen LogP contribution is 2.22. The quantitative estimate of drug-likeness (QED) is 0.835. The van der Waals surface area contributed by atoms with Crippen LogP contribution in [0.15, 0.2) is 48.5 Å². The van der Waals surface area contributed by atoms with Crippen LogP contribution in [0, 0.1) is 0 Å². The maximum atomic E-state index is 12.9. The van der Waals surface area contributed by atoms with Crippen molar-refractivity contribution in [3.05, 3.63) is 64.7 Å². The number of halogens is 1. The lowest BCUT2D eigenvalue weighted by Gasteiger charge is -2.22. The number of rotatable bonds is 4. The van der Waals surface area contributed by atoms with E-state index in [1.54, 1.807) is 0 Å². The zero-order chi connectivity index (χ0) is 17.6. The first-order chi connectivity index (χ1) is 12.1. The highest BCUT2D eigenvalue weighted by molar-refractivity contribution is 6.30. The maximum absolute atomic E-state index is 12.9. The second-order valence-electron chi connectivity index (χ2n) is 6.36. The van der Waals surface area contributed by atoms with Gasteiger partial charge in [0.25, 0.3) is 5.91 Å². The topological polar surface area (TPSA) is 32.8 Å². The number of benzene rings is 2. The van der Waals surface area contributed by atoms with Crippen molar-refractivity contribution in [1.29, 1.82) is 0 Å². The molecule has 0 saturated carbocycles. The first-order valence-corrected chi connectivity index (χ1v) is 8.95. The van der Waals surface area contributed by atoms with Gasteiger partial charge in [-0.3, -0.25) is 4.79 Å². The van der Waals surface area contributed by atoms with Crippen molar-refractivity contribution in [2.75, 3.05) is 33.2 Å². The molecule has 0 N–H and O–H groups in total. The van der Waals surface area contributed by atoms with E-state index in [0.717, 1.165) is 38.2 Å². The molecule has 1 aliphatic heterocycles.